The van der Waals surface area contributed by atoms with Gasteiger partial charge in [0.25, 0.3) is 0 Å². The first-order valence-corrected chi connectivity index (χ1v) is 7.25. The number of piperidine rings is 1. The molecule has 1 atom stereocenters. The lowest BCUT2D eigenvalue weighted by molar-refractivity contribution is 0.207. The maximum Gasteiger partial charge on any atom is 0.246 e. The molecule has 3 heterocycles. The third-order valence-corrected chi connectivity index (χ3v) is 4.04. The highest BCUT2D eigenvalue weighted by Crippen LogP contribution is 2.30. The molecule has 1 aliphatic rings. The Morgan fingerprint density at radius 2 is 2.30 bits per heavy atom. The molecule has 1 saturated heterocycles. The van der Waals surface area contributed by atoms with Crippen molar-refractivity contribution in [3.05, 3.63) is 29.9 Å². The summed E-state index contributed by atoms with van der Waals surface area (Å²) in [5.74, 6) is 1.35. The van der Waals surface area contributed by atoms with Gasteiger partial charge in [0, 0.05) is 18.0 Å². The van der Waals surface area contributed by atoms with Gasteiger partial charge in [-0.2, -0.15) is 4.98 Å². The van der Waals surface area contributed by atoms with E-state index in [-0.39, 0.29) is 5.54 Å². The van der Waals surface area contributed by atoms with Gasteiger partial charge in [-0.05, 0) is 50.8 Å². The lowest BCUT2D eigenvalue weighted by Gasteiger charge is -2.31. The summed E-state index contributed by atoms with van der Waals surface area (Å²) in [7, 11) is 0. The summed E-state index contributed by atoms with van der Waals surface area (Å²) in [6, 6.07) is 1.95. The summed E-state index contributed by atoms with van der Waals surface area (Å²) in [6.45, 7) is 5.24. The molecule has 3 rings (SSSR count). The molecule has 2 aromatic heterocycles. The van der Waals surface area contributed by atoms with Crippen LogP contribution in [0.1, 0.15) is 44.6 Å². The molecule has 0 aromatic carbocycles. The third-order valence-electron chi connectivity index (χ3n) is 4.04. The molecule has 1 aliphatic heterocycles. The zero-order valence-electron chi connectivity index (χ0n) is 12.0. The molecular formula is C15H20N4O. The van der Waals surface area contributed by atoms with Crippen LogP contribution >= 0.6 is 0 Å². The zero-order valence-corrected chi connectivity index (χ0v) is 12.0. The van der Waals surface area contributed by atoms with Gasteiger partial charge < -0.3 is 9.84 Å². The Hall–Kier alpha value is -1.75. The van der Waals surface area contributed by atoms with Crippen molar-refractivity contribution in [1.82, 2.24) is 20.4 Å². The van der Waals surface area contributed by atoms with Crippen LogP contribution in [-0.2, 0) is 12.0 Å². The Morgan fingerprint density at radius 3 is 3.05 bits per heavy atom. The number of pyridine rings is 1. The minimum atomic E-state index is -0.192. The van der Waals surface area contributed by atoms with Crippen molar-refractivity contribution in [3.8, 4) is 11.4 Å². The molecule has 1 N–H and O–H groups in total. The predicted molar refractivity (Wildman–Crippen MR) is 76.1 cm³/mol. The van der Waals surface area contributed by atoms with Crippen LogP contribution in [0, 0.1) is 0 Å². The van der Waals surface area contributed by atoms with Gasteiger partial charge in [-0.1, -0.05) is 12.1 Å². The van der Waals surface area contributed by atoms with Gasteiger partial charge in [-0.25, -0.2) is 0 Å². The second kappa shape index (κ2) is 5.32. The summed E-state index contributed by atoms with van der Waals surface area (Å²) >= 11 is 0. The van der Waals surface area contributed by atoms with Crippen LogP contribution in [0.4, 0.5) is 0 Å². The third kappa shape index (κ3) is 2.33. The molecule has 5 heteroatoms. The van der Waals surface area contributed by atoms with Crippen molar-refractivity contribution in [2.75, 3.05) is 6.54 Å². The van der Waals surface area contributed by atoms with E-state index in [9.17, 15) is 0 Å². The molecule has 0 spiro atoms. The molecule has 0 saturated carbocycles. The number of aromatic nitrogens is 3. The molecule has 1 fully saturated rings. The molecule has 2 aromatic rings. The molecular weight excluding hydrogens is 252 g/mol. The Labute approximate surface area is 118 Å². The van der Waals surface area contributed by atoms with Crippen molar-refractivity contribution in [3.63, 3.8) is 0 Å². The Balaban J connectivity index is 1.94. The lowest BCUT2D eigenvalue weighted by atomic mass is 9.91. The molecule has 106 valence electrons. The van der Waals surface area contributed by atoms with E-state index in [1.807, 2.05) is 12.3 Å². The monoisotopic (exact) mass is 272 g/mol. The van der Waals surface area contributed by atoms with Gasteiger partial charge >= 0.3 is 0 Å². The van der Waals surface area contributed by atoms with E-state index < -0.39 is 0 Å². The number of rotatable bonds is 3. The van der Waals surface area contributed by atoms with Gasteiger partial charge in [-0.3, -0.25) is 4.98 Å². The number of nitrogens with zero attached hydrogens (tertiary/aromatic N) is 3. The van der Waals surface area contributed by atoms with E-state index in [1.165, 1.54) is 12.8 Å². The summed E-state index contributed by atoms with van der Waals surface area (Å²) < 4.78 is 5.52. The zero-order chi connectivity index (χ0) is 14.0. The molecule has 0 bridgehead atoms. The van der Waals surface area contributed by atoms with E-state index in [1.54, 1.807) is 6.20 Å². The van der Waals surface area contributed by atoms with Crippen LogP contribution in [0.15, 0.2) is 23.0 Å². The van der Waals surface area contributed by atoms with E-state index >= 15 is 0 Å². The maximum atomic E-state index is 5.52. The minimum Gasteiger partial charge on any atom is -0.337 e. The second-order valence-corrected chi connectivity index (χ2v) is 5.53. The minimum absolute atomic E-state index is 0.192. The fraction of sp³-hybridized carbons (Fsp3) is 0.533. The van der Waals surface area contributed by atoms with E-state index in [2.05, 4.69) is 34.3 Å². The Kier molecular flexibility index (Phi) is 3.53. The average Bonchev–Trinajstić information content (AvgIpc) is 2.98. The molecule has 20 heavy (non-hydrogen) atoms. The second-order valence-electron chi connectivity index (χ2n) is 5.53. The molecule has 0 amide bonds. The molecule has 1 unspecified atom stereocenters. The quantitative estimate of drug-likeness (QED) is 0.930. The van der Waals surface area contributed by atoms with Crippen LogP contribution in [0.25, 0.3) is 11.4 Å². The van der Waals surface area contributed by atoms with E-state index in [4.69, 9.17) is 4.52 Å². The van der Waals surface area contributed by atoms with Gasteiger partial charge in [0.2, 0.25) is 11.7 Å². The smallest absolute Gasteiger partial charge is 0.246 e. The highest BCUT2D eigenvalue weighted by molar-refractivity contribution is 5.58. The van der Waals surface area contributed by atoms with Gasteiger partial charge in [-0.15, -0.1) is 0 Å². The van der Waals surface area contributed by atoms with Crippen LogP contribution in [0.3, 0.4) is 0 Å². The summed E-state index contributed by atoms with van der Waals surface area (Å²) in [4.78, 5) is 8.77. The normalized spacial score (nSPS) is 22.9. The summed E-state index contributed by atoms with van der Waals surface area (Å²) in [5.41, 5.74) is 1.96. The van der Waals surface area contributed by atoms with Crippen molar-refractivity contribution in [2.45, 2.75) is 45.1 Å². The molecule has 5 nitrogen and oxygen atoms in total. The first-order valence-electron chi connectivity index (χ1n) is 7.25. The lowest BCUT2D eigenvalue weighted by Crippen LogP contribution is -2.43. The number of hydrogen-bond donors (Lipinski definition) is 1. The van der Waals surface area contributed by atoms with Crippen LogP contribution in [0.2, 0.25) is 0 Å². The van der Waals surface area contributed by atoms with Crippen molar-refractivity contribution in [2.24, 2.45) is 0 Å². The maximum absolute atomic E-state index is 5.52. The molecule has 0 aliphatic carbocycles. The fourth-order valence-electron chi connectivity index (χ4n) is 2.72. The van der Waals surface area contributed by atoms with Crippen LogP contribution in [0.5, 0.6) is 0 Å². The van der Waals surface area contributed by atoms with Crippen molar-refractivity contribution < 1.29 is 4.52 Å². The number of nitrogens with one attached hydrogen (secondary N) is 1. The largest absolute Gasteiger partial charge is 0.337 e. The average molecular weight is 272 g/mol. The summed E-state index contributed by atoms with van der Waals surface area (Å²) in [6.07, 6.45) is 7.98. The Morgan fingerprint density at radius 1 is 1.40 bits per heavy atom. The Bertz CT molecular complexity index is 587. The van der Waals surface area contributed by atoms with Gasteiger partial charge in [0.15, 0.2) is 0 Å². The highest BCUT2D eigenvalue weighted by Gasteiger charge is 2.34. The van der Waals surface area contributed by atoms with E-state index in [0.717, 1.165) is 30.5 Å². The van der Waals surface area contributed by atoms with E-state index in [0.29, 0.717) is 11.7 Å². The van der Waals surface area contributed by atoms with Gasteiger partial charge in [0.05, 0.1) is 5.54 Å². The number of aryl methyl sites for hydroxylation is 1. The first-order chi connectivity index (χ1) is 9.73. The predicted octanol–water partition coefficient (Wildman–Crippen LogP) is 2.68. The fourth-order valence-corrected chi connectivity index (χ4v) is 2.72. The standard InChI is InChI=1S/C15H20N4O/c1-3-11-10-16-9-6-12(11)13-18-14(20-19-13)15(2)7-4-5-8-17-15/h6,9-10,17H,3-5,7-8H2,1-2H3. The van der Waals surface area contributed by atoms with Crippen LogP contribution in [-0.4, -0.2) is 21.7 Å². The highest BCUT2D eigenvalue weighted by atomic mass is 16.5. The number of hydrogen-bond acceptors (Lipinski definition) is 5. The van der Waals surface area contributed by atoms with Crippen LogP contribution < -0.4 is 5.32 Å². The van der Waals surface area contributed by atoms with Gasteiger partial charge in [0.1, 0.15) is 0 Å². The first kappa shape index (κ1) is 13.2. The topological polar surface area (TPSA) is 63.8 Å². The SMILES string of the molecule is CCc1cnccc1-c1noc(C2(C)CCCCN2)n1. The summed E-state index contributed by atoms with van der Waals surface area (Å²) in [5, 5.41) is 7.66. The van der Waals surface area contributed by atoms with Crippen molar-refractivity contribution >= 4 is 0 Å². The molecule has 0 radical (unpaired) electrons. The van der Waals surface area contributed by atoms with Crippen molar-refractivity contribution in [1.29, 1.82) is 0 Å².